The minimum atomic E-state index is 0.403. The lowest BCUT2D eigenvalue weighted by Crippen LogP contribution is -2.31. The molecule has 1 fully saturated rings. The van der Waals surface area contributed by atoms with E-state index in [1.54, 1.807) is 0 Å². The molecular weight excluding hydrogens is 92.1 g/mol. The Hall–Kier alpha value is -0.120. The van der Waals surface area contributed by atoms with Gasteiger partial charge in [0, 0.05) is 12.6 Å². The zero-order chi connectivity index (χ0) is 5.11. The topological polar surface area (TPSA) is 47.3 Å². The zero-order valence-electron chi connectivity index (χ0n) is 4.18. The molecule has 3 heteroatoms. The molecule has 0 aromatic rings. The molecule has 42 valence electrons. The molecule has 0 saturated carbocycles. The van der Waals surface area contributed by atoms with Gasteiger partial charge in [-0.2, -0.15) is 0 Å². The largest absolute Gasteiger partial charge is 0.365 e. The van der Waals surface area contributed by atoms with Gasteiger partial charge in [0.15, 0.2) is 0 Å². The molecule has 1 atom stereocenters. The van der Waals surface area contributed by atoms with Crippen molar-refractivity contribution in [3.05, 3.63) is 0 Å². The van der Waals surface area contributed by atoms with Crippen LogP contribution in [0, 0.1) is 0 Å². The van der Waals surface area contributed by atoms with E-state index in [2.05, 4.69) is 5.32 Å². The van der Waals surface area contributed by atoms with Crippen LogP contribution in [0.5, 0.6) is 0 Å². The SMILES string of the molecule is NC[C@@H]1COCN1. The van der Waals surface area contributed by atoms with Crippen molar-refractivity contribution in [1.82, 2.24) is 5.32 Å². The molecule has 1 heterocycles. The van der Waals surface area contributed by atoms with E-state index in [-0.39, 0.29) is 0 Å². The van der Waals surface area contributed by atoms with Crippen molar-refractivity contribution in [3.8, 4) is 0 Å². The fraction of sp³-hybridized carbons (Fsp3) is 1.00. The highest BCUT2D eigenvalue weighted by Gasteiger charge is 2.10. The lowest BCUT2D eigenvalue weighted by molar-refractivity contribution is 0.190. The first-order chi connectivity index (χ1) is 3.43. The van der Waals surface area contributed by atoms with Crippen LogP contribution in [-0.4, -0.2) is 25.9 Å². The molecule has 1 rings (SSSR count). The van der Waals surface area contributed by atoms with Gasteiger partial charge >= 0.3 is 0 Å². The standard InChI is InChI=1S/C4H10N2O/c5-1-4-2-7-3-6-4/h4,6H,1-3,5H2/t4-/m1/s1. The minimum absolute atomic E-state index is 0.403. The molecule has 1 aliphatic rings. The Labute approximate surface area is 42.8 Å². The Morgan fingerprint density at radius 3 is 3.00 bits per heavy atom. The molecule has 1 aliphatic heterocycles. The summed E-state index contributed by atoms with van der Waals surface area (Å²) < 4.78 is 4.96. The van der Waals surface area contributed by atoms with Crippen molar-refractivity contribution in [2.75, 3.05) is 19.9 Å². The van der Waals surface area contributed by atoms with Crippen LogP contribution in [0.2, 0.25) is 0 Å². The minimum Gasteiger partial charge on any atom is -0.365 e. The van der Waals surface area contributed by atoms with Crippen LogP contribution in [0.25, 0.3) is 0 Å². The number of hydrogen-bond donors (Lipinski definition) is 2. The molecule has 0 unspecified atom stereocenters. The van der Waals surface area contributed by atoms with Crippen LogP contribution in [0.4, 0.5) is 0 Å². The summed E-state index contributed by atoms with van der Waals surface area (Å²) in [6.45, 7) is 2.12. The van der Waals surface area contributed by atoms with Crippen LogP contribution in [0.3, 0.4) is 0 Å². The van der Waals surface area contributed by atoms with Crippen molar-refractivity contribution >= 4 is 0 Å². The van der Waals surface area contributed by atoms with E-state index in [1.165, 1.54) is 0 Å². The first kappa shape index (κ1) is 5.03. The van der Waals surface area contributed by atoms with Gasteiger partial charge in [0.05, 0.1) is 13.3 Å². The lowest BCUT2D eigenvalue weighted by Gasteiger charge is -1.99. The van der Waals surface area contributed by atoms with Gasteiger partial charge in [-0.1, -0.05) is 0 Å². The monoisotopic (exact) mass is 102 g/mol. The maximum absolute atomic E-state index is 5.29. The van der Waals surface area contributed by atoms with E-state index in [0.29, 0.717) is 19.3 Å². The Bertz CT molecular complexity index is 51.7. The molecule has 0 spiro atoms. The number of hydrogen-bond acceptors (Lipinski definition) is 3. The number of nitrogens with one attached hydrogen (secondary N) is 1. The first-order valence-corrected chi connectivity index (χ1v) is 2.44. The molecular formula is C4H10N2O. The first-order valence-electron chi connectivity index (χ1n) is 2.44. The molecule has 7 heavy (non-hydrogen) atoms. The third kappa shape index (κ3) is 1.12. The second-order valence-electron chi connectivity index (χ2n) is 1.65. The van der Waals surface area contributed by atoms with Crippen molar-refractivity contribution in [3.63, 3.8) is 0 Å². The van der Waals surface area contributed by atoms with Gasteiger partial charge in [-0.25, -0.2) is 0 Å². The van der Waals surface area contributed by atoms with Gasteiger partial charge < -0.3 is 10.5 Å². The van der Waals surface area contributed by atoms with E-state index < -0.39 is 0 Å². The molecule has 0 aromatic carbocycles. The summed E-state index contributed by atoms with van der Waals surface area (Å²) in [5, 5.41) is 3.06. The molecule has 0 aromatic heterocycles. The van der Waals surface area contributed by atoms with Crippen LogP contribution in [0.1, 0.15) is 0 Å². The normalized spacial score (nSPS) is 31.3. The third-order valence-electron chi connectivity index (χ3n) is 1.08. The van der Waals surface area contributed by atoms with Crippen LogP contribution in [0.15, 0.2) is 0 Å². The fourth-order valence-corrected chi connectivity index (χ4v) is 0.588. The number of nitrogens with two attached hydrogens (primary N) is 1. The van der Waals surface area contributed by atoms with E-state index in [4.69, 9.17) is 10.5 Å². The molecule has 3 N–H and O–H groups in total. The number of ether oxygens (including phenoxy) is 1. The average Bonchev–Trinajstić information content (AvgIpc) is 2.14. The average molecular weight is 102 g/mol. The van der Waals surface area contributed by atoms with Gasteiger partial charge in [-0.05, 0) is 0 Å². The summed E-state index contributed by atoms with van der Waals surface area (Å²) >= 11 is 0. The fourth-order valence-electron chi connectivity index (χ4n) is 0.588. The molecule has 0 amide bonds. The summed E-state index contributed by atoms with van der Waals surface area (Å²) in [5.74, 6) is 0. The second kappa shape index (κ2) is 2.26. The van der Waals surface area contributed by atoms with E-state index >= 15 is 0 Å². The van der Waals surface area contributed by atoms with Crippen molar-refractivity contribution < 1.29 is 4.74 Å². The number of rotatable bonds is 1. The maximum atomic E-state index is 5.29. The van der Waals surface area contributed by atoms with Gasteiger partial charge in [-0.3, -0.25) is 5.32 Å². The van der Waals surface area contributed by atoms with Crippen LogP contribution < -0.4 is 11.1 Å². The molecule has 0 radical (unpaired) electrons. The summed E-state index contributed by atoms with van der Waals surface area (Å²) in [7, 11) is 0. The van der Waals surface area contributed by atoms with E-state index in [1.807, 2.05) is 0 Å². The Balaban J connectivity index is 2.14. The zero-order valence-corrected chi connectivity index (χ0v) is 4.18. The smallest absolute Gasteiger partial charge is 0.0969 e. The van der Waals surface area contributed by atoms with Crippen LogP contribution >= 0.6 is 0 Å². The van der Waals surface area contributed by atoms with Gasteiger partial charge in [0.2, 0.25) is 0 Å². The summed E-state index contributed by atoms with van der Waals surface area (Å²) in [5.41, 5.74) is 5.29. The highest BCUT2D eigenvalue weighted by Crippen LogP contribution is 1.89. The highest BCUT2D eigenvalue weighted by molar-refractivity contribution is 4.68. The second-order valence-corrected chi connectivity index (χ2v) is 1.65. The Morgan fingerprint density at radius 1 is 1.86 bits per heavy atom. The maximum Gasteiger partial charge on any atom is 0.0969 e. The van der Waals surface area contributed by atoms with E-state index in [9.17, 15) is 0 Å². The van der Waals surface area contributed by atoms with Crippen molar-refractivity contribution in [1.29, 1.82) is 0 Å². The quantitative estimate of drug-likeness (QED) is 0.441. The highest BCUT2D eigenvalue weighted by atomic mass is 16.5. The van der Waals surface area contributed by atoms with Crippen LogP contribution in [-0.2, 0) is 4.74 Å². The molecule has 0 bridgehead atoms. The lowest BCUT2D eigenvalue weighted by atomic mass is 10.3. The molecule has 1 saturated heterocycles. The van der Waals surface area contributed by atoms with Gasteiger partial charge in [0.25, 0.3) is 0 Å². The molecule has 0 aliphatic carbocycles. The third-order valence-corrected chi connectivity index (χ3v) is 1.08. The van der Waals surface area contributed by atoms with Gasteiger partial charge in [0.1, 0.15) is 0 Å². The predicted octanol–water partition coefficient (Wildman–Crippen LogP) is -1.11. The molecule has 3 nitrogen and oxygen atoms in total. The summed E-state index contributed by atoms with van der Waals surface area (Å²) in [6, 6.07) is 0.403. The van der Waals surface area contributed by atoms with Gasteiger partial charge in [-0.15, -0.1) is 0 Å². The Kier molecular flexibility index (Phi) is 1.62. The Morgan fingerprint density at radius 2 is 2.71 bits per heavy atom. The van der Waals surface area contributed by atoms with E-state index in [0.717, 1.165) is 6.61 Å². The van der Waals surface area contributed by atoms with Crippen molar-refractivity contribution in [2.24, 2.45) is 5.73 Å². The summed E-state index contributed by atoms with van der Waals surface area (Å²) in [4.78, 5) is 0. The predicted molar refractivity (Wildman–Crippen MR) is 26.8 cm³/mol. The summed E-state index contributed by atoms with van der Waals surface area (Å²) in [6.07, 6.45) is 0. The van der Waals surface area contributed by atoms with Crippen molar-refractivity contribution in [2.45, 2.75) is 6.04 Å².